The van der Waals surface area contributed by atoms with E-state index in [1.54, 1.807) is 7.11 Å². The van der Waals surface area contributed by atoms with Crippen LogP contribution in [-0.4, -0.2) is 17.3 Å². The SMILES string of the molecule is CCC(C)(OC)c1noc(C(N)C2CCCCC2)n1. The van der Waals surface area contributed by atoms with Crippen LogP contribution in [0.1, 0.15) is 70.1 Å². The number of rotatable bonds is 5. The van der Waals surface area contributed by atoms with Crippen molar-refractivity contribution in [2.45, 2.75) is 64.0 Å². The van der Waals surface area contributed by atoms with Crippen molar-refractivity contribution in [2.75, 3.05) is 7.11 Å². The Bertz CT molecular complexity index is 395. The smallest absolute Gasteiger partial charge is 0.243 e. The van der Waals surface area contributed by atoms with E-state index in [2.05, 4.69) is 10.1 Å². The van der Waals surface area contributed by atoms with E-state index in [4.69, 9.17) is 15.0 Å². The van der Waals surface area contributed by atoms with E-state index in [1.807, 2.05) is 13.8 Å². The zero-order chi connectivity index (χ0) is 13.9. The normalized spacial score (nSPS) is 22.1. The lowest BCUT2D eigenvalue weighted by atomic mass is 9.84. The molecule has 1 aliphatic rings. The zero-order valence-corrected chi connectivity index (χ0v) is 12.2. The molecule has 0 amide bonds. The molecule has 2 rings (SSSR count). The predicted octanol–water partition coefficient (Wildman–Crippen LogP) is 2.92. The van der Waals surface area contributed by atoms with E-state index in [1.165, 1.54) is 19.3 Å². The molecule has 0 radical (unpaired) electrons. The third kappa shape index (κ3) is 2.98. The number of methoxy groups -OCH3 is 1. The molecule has 5 nitrogen and oxygen atoms in total. The van der Waals surface area contributed by atoms with Crippen molar-refractivity contribution >= 4 is 0 Å². The zero-order valence-electron chi connectivity index (χ0n) is 12.2. The lowest BCUT2D eigenvalue weighted by molar-refractivity contribution is -0.0106. The molecule has 0 bridgehead atoms. The van der Waals surface area contributed by atoms with Gasteiger partial charge in [0, 0.05) is 7.11 Å². The van der Waals surface area contributed by atoms with Crippen LogP contribution in [-0.2, 0) is 10.3 Å². The first kappa shape index (κ1) is 14.5. The average Bonchev–Trinajstić information content (AvgIpc) is 2.97. The minimum atomic E-state index is -0.492. The van der Waals surface area contributed by atoms with Crippen LogP contribution in [0.5, 0.6) is 0 Å². The van der Waals surface area contributed by atoms with Gasteiger partial charge in [0.15, 0.2) is 0 Å². The Morgan fingerprint density at radius 3 is 2.68 bits per heavy atom. The van der Waals surface area contributed by atoms with E-state index in [-0.39, 0.29) is 6.04 Å². The molecule has 19 heavy (non-hydrogen) atoms. The van der Waals surface area contributed by atoms with E-state index >= 15 is 0 Å². The van der Waals surface area contributed by atoms with Crippen molar-refractivity contribution in [3.05, 3.63) is 11.7 Å². The monoisotopic (exact) mass is 267 g/mol. The van der Waals surface area contributed by atoms with Gasteiger partial charge >= 0.3 is 0 Å². The van der Waals surface area contributed by atoms with Gasteiger partial charge in [-0.15, -0.1) is 0 Å². The second-order valence-corrected chi connectivity index (χ2v) is 5.67. The fourth-order valence-corrected chi connectivity index (χ4v) is 2.67. The summed E-state index contributed by atoms with van der Waals surface area (Å²) < 4.78 is 10.8. The van der Waals surface area contributed by atoms with Gasteiger partial charge in [-0.2, -0.15) is 4.98 Å². The van der Waals surface area contributed by atoms with Crippen LogP contribution in [0.3, 0.4) is 0 Å². The van der Waals surface area contributed by atoms with Gasteiger partial charge in [-0.3, -0.25) is 0 Å². The highest BCUT2D eigenvalue weighted by Crippen LogP contribution is 2.33. The molecule has 0 aromatic carbocycles. The molecule has 5 heteroatoms. The molecular formula is C14H25N3O2. The Morgan fingerprint density at radius 2 is 2.11 bits per heavy atom. The third-order valence-corrected chi connectivity index (χ3v) is 4.48. The average molecular weight is 267 g/mol. The Labute approximate surface area is 114 Å². The lowest BCUT2D eigenvalue weighted by Crippen LogP contribution is -2.26. The number of ether oxygens (including phenoxy) is 1. The van der Waals surface area contributed by atoms with Crippen LogP contribution in [0.15, 0.2) is 4.52 Å². The predicted molar refractivity (Wildman–Crippen MR) is 72.5 cm³/mol. The minimum absolute atomic E-state index is 0.139. The molecule has 0 aliphatic heterocycles. The molecule has 1 saturated carbocycles. The first-order valence-electron chi connectivity index (χ1n) is 7.25. The molecule has 0 spiro atoms. The molecule has 1 aromatic heterocycles. The van der Waals surface area contributed by atoms with Crippen molar-refractivity contribution in [1.82, 2.24) is 10.1 Å². The first-order valence-corrected chi connectivity index (χ1v) is 7.25. The van der Waals surface area contributed by atoms with Crippen molar-refractivity contribution in [1.29, 1.82) is 0 Å². The van der Waals surface area contributed by atoms with Gasteiger partial charge in [-0.05, 0) is 32.1 Å². The molecule has 2 unspecified atom stereocenters. The molecule has 108 valence electrons. The summed E-state index contributed by atoms with van der Waals surface area (Å²) in [6, 6.07) is -0.139. The lowest BCUT2D eigenvalue weighted by Gasteiger charge is -2.25. The van der Waals surface area contributed by atoms with Gasteiger partial charge < -0.3 is 15.0 Å². The van der Waals surface area contributed by atoms with E-state index in [0.29, 0.717) is 17.6 Å². The van der Waals surface area contributed by atoms with Crippen LogP contribution < -0.4 is 5.73 Å². The molecular weight excluding hydrogens is 242 g/mol. The summed E-state index contributed by atoms with van der Waals surface area (Å²) in [5, 5.41) is 4.05. The molecule has 2 atom stereocenters. The highest BCUT2D eigenvalue weighted by Gasteiger charge is 2.32. The maximum Gasteiger partial charge on any atom is 0.243 e. The summed E-state index contributed by atoms with van der Waals surface area (Å²) in [7, 11) is 1.67. The van der Waals surface area contributed by atoms with Gasteiger partial charge in [-0.25, -0.2) is 0 Å². The van der Waals surface area contributed by atoms with Crippen LogP contribution in [0.4, 0.5) is 0 Å². The fraction of sp³-hybridized carbons (Fsp3) is 0.857. The minimum Gasteiger partial charge on any atom is -0.370 e. The number of nitrogens with zero attached hydrogens (tertiary/aromatic N) is 2. The molecule has 0 saturated heterocycles. The summed E-state index contributed by atoms with van der Waals surface area (Å²) in [6.07, 6.45) is 6.94. The fourth-order valence-electron chi connectivity index (χ4n) is 2.67. The third-order valence-electron chi connectivity index (χ3n) is 4.48. The summed E-state index contributed by atoms with van der Waals surface area (Å²) in [6.45, 7) is 4.01. The number of nitrogens with two attached hydrogens (primary N) is 1. The van der Waals surface area contributed by atoms with Gasteiger partial charge in [0.25, 0.3) is 0 Å². The Kier molecular flexibility index (Phi) is 4.58. The summed E-state index contributed by atoms with van der Waals surface area (Å²) in [5.74, 6) is 1.62. The second-order valence-electron chi connectivity index (χ2n) is 5.67. The highest BCUT2D eigenvalue weighted by molar-refractivity contribution is 5.02. The Hall–Kier alpha value is -0.940. The second kappa shape index (κ2) is 6.01. The standard InChI is InChI=1S/C14H25N3O2/c1-4-14(2,18-3)13-16-12(19-17-13)11(15)10-8-6-5-7-9-10/h10-11H,4-9,15H2,1-3H3. The van der Waals surface area contributed by atoms with Crippen molar-refractivity contribution in [2.24, 2.45) is 11.7 Å². The van der Waals surface area contributed by atoms with Gasteiger partial charge in [0.1, 0.15) is 5.60 Å². The van der Waals surface area contributed by atoms with Crippen molar-refractivity contribution in [3.8, 4) is 0 Å². The maximum absolute atomic E-state index is 6.27. The number of aromatic nitrogens is 2. The van der Waals surface area contributed by atoms with Crippen molar-refractivity contribution in [3.63, 3.8) is 0 Å². The molecule has 1 fully saturated rings. The summed E-state index contributed by atoms with van der Waals surface area (Å²) >= 11 is 0. The molecule has 2 N–H and O–H groups in total. The van der Waals surface area contributed by atoms with Crippen LogP contribution in [0.2, 0.25) is 0 Å². The van der Waals surface area contributed by atoms with E-state index < -0.39 is 5.60 Å². The van der Waals surface area contributed by atoms with Crippen LogP contribution in [0, 0.1) is 5.92 Å². The van der Waals surface area contributed by atoms with Gasteiger partial charge in [-0.1, -0.05) is 31.3 Å². The van der Waals surface area contributed by atoms with Crippen LogP contribution in [0.25, 0.3) is 0 Å². The summed E-state index contributed by atoms with van der Waals surface area (Å²) in [5.41, 5.74) is 5.78. The topological polar surface area (TPSA) is 74.2 Å². The number of hydrogen-bond donors (Lipinski definition) is 1. The van der Waals surface area contributed by atoms with Gasteiger partial charge in [0.05, 0.1) is 6.04 Å². The van der Waals surface area contributed by atoms with Gasteiger partial charge in [0.2, 0.25) is 11.7 Å². The largest absolute Gasteiger partial charge is 0.370 e. The highest BCUT2D eigenvalue weighted by atomic mass is 16.5. The first-order chi connectivity index (χ1) is 9.10. The maximum atomic E-state index is 6.27. The molecule has 1 heterocycles. The molecule has 1 aromatic rings. The number of hydrogen-bond acceptors (Lipinski definition) is 5. The van der Waals surface area contributed by atoms with Crippen LogP contribution >= 0.6 is 0 Å². The van der Waals surface area contributed by atoms with Crippen molar-refractivity contribution < 1.29 is 9.26 Å². The van der Waals surface area contributed by atoms with E-state index in [9.17, 15) is 0 Å². The Morgan fingerprint density at radius 1 is 1.42 bits per heavy atom. The molecule has 1 aliphatic carbocycles. The van der Waals surface area contributed by atoms with E-state index in [0.717, 1.165) is 19.3 Å². The Balaban J connectivity index is 2.11. The summed E-state index contributed by atoms with van der Waals surface area (Å²) in [4.78, 5) is 4.47. The quantitative estimate of drug-likeness (QED) is 0.887.